The van der Waals surface area contributed by atoms with Crippen molar-refractivity contribution >= 4 is 17.5 Å². The smallest absolute Gasteiger partial charge is 0.249 e. The zero-order chi connectivity index (χ0) is 13.3. The summed E-state index contributed by atoms with van der Waals surface area (Å²) >= 11 is 0. The fourth-order valence-corrected chi connectivity index (χ4v) is 1.87. The number of anilines is 1. The summed E-state index contributed by atoms with van der Waals surface area (Å²) in [4.78, 5) is 24.5. The molecule has 2 amide bonds. The molecule has 1 atom stereocenters. The molecule has 0 radical (unpaired) electrons. The topological polar surface area (TPSA) is 49.4 Å². The minimum atomic E-state index is -0.815. The lowest BCUT2D eigenvalue weighted by Crippen LogP contribution is -2.43. The average Bonchev–Trinajstić information content (AvgIpc) is 2.41. The third kappa shape index (κ3) is 2.32. The van der Waals surface area contributed by atoms with Crippen LogP contribution in [-0.2, 0) is 9.59 Å². The van der Waals surface area contributed by atoms with E-state index in [1.54, 1.807) is 0 Å². The third-order valence-corrected chi connectivity index (χ3v) is 2.78. The van der Waals surface area contributed by atoms with Crippen LogP contribution in [-0.4, -0.2) is 24.4 Å². The van der Waals surface area contributed by atoms with Crippen molar-refractivity contribution in [2.24, 2.45) is 0 Å². The number of rotatable bonds is 1. The van der Waals surface area contributed by atoms with Crippen molar-refractivity contribution in [1.29, 1.82) is 0 Å². The Labute approximate surface area is 103 Å². The maximum Gasteiger partial charge on any atom is 0.249 e. The second kappa shape index (κ2) is 4.72. The van der Waals surface area contributed by atoms with E-state index >= 15 is 0 Å². The molecule has 0 spiro atoms. The molecule has 1 heterocycles. The molecule has 1 aliphatic heterocycles. The summed E-state index contributed by atoms with van der Waals surface area (Å²) in [5, 5.41) is 2.50. The second-order valence-corrected chi connectivity index (χ2v) is 4.12. The first-order valence-electron chi connectivity index (χ1n) is 5.55. The molecule has 1 N–H and O–H groups in total. The minimum absolute atomic E-state index is 0.00949. The van der Waals surface area contributed by atoms with Gasteiger partial charge in [-0.25, -0.2) is 8.78 Å². The van der Waals surface area contributed by atoms with E-state index in [0.717, 1.165) is 11.0 Å². The molecule has 6 heteroatoms. The van der Waals surface area contributed by atoms with Gasteiger partial charge < -0.3 is 10.2 Å². The highest BCUT2D eigenvalue weighted by molar-refractivity contribution is 6.01. The number of hydrogen-bond donors (Lipinski definition) is 1. The largest absolute Gasteiger partial charge is 0.345 e. The van der Waals surface area contributed by atoms with Crippen molar-refractivity contribution in [3.8, 4) is 0 Å². The molecule has 1 unspecified atom stereocenters. The van der Waals surface area contributed by atoms with E-state index in [1.807, 2.05) is 0 Å². The maximum atomic E-state index is 13.6. The number of nitrogens with one attached hydrogen (secondary N) is 1. The van der Waals surface area contributed by atoms with Crippen LogP contribution in [0.2, 0.25) is 0 Å². The molecule has 4 nitrogen and oxygen atoms in total. The van der Waals surface area contributed by atoms with Crippen molar-refractivity contribution < 1.29 is 18.4 Å². The Balaban J connectivity index is 2.36. The fourth-order valence-electron chi connectivity index (χ4n) is 1.87. The molecule has 0 aliphatic carbocycles. The summed E-state index contributed by atoms with van der Waals surface area (Å²) in [6.07, 6.45) is 0.0902. The van der Waals surface area contributed by atoms with Crippen LogP contribution in [0, 0.1) is 11.6 Å². The van der Waals surface area contributed by atoms with Gasteiger partial charge in [-0.05, 0) is 19.1 Å². The SMILES string of the molecule is CC1NC(=O)CCN(c2ccc(F)cc2F)C1=O. The lowest BCUT2D eigenvalue weighted by Gasteiger charge is -2.22. The minimum Gasteiger partial charge on any atom is -0.345 e. The van der Waals surface area contributed by atoms with Crippen molar-refractivity contribution in [1.82, 2.24) is 5.32 Å². The molecular weight excluding hydrogens is 242 g/mol. The number of carbonyl (C=O) groups excluding carboxylic acids is 2. The molecule has 1 saturated heterocycles. The van der Waals surface area contributed by atoms with Gasteiger partial charge >= 0.3 is 0 Å². The first-order valence-corrected chi connectivity index (χ1v) is 5.55. The molecule has 1 aromatic rings. The van der Waals surface area contributed by atoms with E-state index in [4.69, 9.17) is 0 Å². The molecule has 96 valence electrons. The van der Waals surface area contributed by atoms with Gasteiger partial charge in [-0.1, -0.05) is 0 Å². The zero-order valence-electron chi connectivity index (χ0n) is 9.74. The number of halogens is 2. The van der Waals surface area contributed by atoms with Crippen LogP contribution in [0.15, 0.2) is 18.2 Å². The summed E-state index contributed by atoms with van der Waals surface area (Å²) in [5.41, 5.74) is -0.00949. The number of carbonyl (C=O) groups is 2. The normalized spacial score (nSPS) is 20.6. The van der Waals surface area contributed by atoms with Crippen LogP contribution in [0.5, 0.6) is 0 Å². The van der Waals surface area contributed by atoms with Gasteiger partial charge in [0.15, 0.2) is 0 Å². The van der Waals surface area contributed by atoms with Gasteiger partial charge in [0, 0.05) is 19.0 Å². The van der Waals surface area contributed by atoms with E-state index in [0.29, 0.717) is 6.07 Å². The Morgan fingerprint density at radius 1 is 1.33 bits per heavy atom. The summed E-state index contributed by atoms with van der Waals surface area (Å²) in [6, 6.07) is 2.28. The number of amides is 2. The number of hydrogen-bond acceptors (Lipinski definition) is 2. The van der Waals surface area contributed by atoms with Crippen LogP contribution < -0.4 is 10.2 Å². The summed E-state index contributed by atoms with van der Waals surface area (Å²) < 4.78 is 26.4. The second-order valence-electron chi connectivity index (χ2n) is 4.12. The summed E-state index contributed by atoms with van der Waals surface area (Å²) in [5.74, 6) is -2.20. The third-order valence-electron chi connectivity index (χ3n) is 2.78. The van der Waals surface area contributed by atoms with Gasteiger partial charge in [0.1, 0.15) is 17.7 Å². The van der Waals surface area contributed by atoms with Crippen molar-refractivity contribution in [2.45, 2.75) is 19.4 Å². The lowest BCUT2D eigenvalue weighted by atomic mass is 10.2. The Morgan fingerprint density at radius 3 is 2.72 bits per heavy atom. The first kappa shape index (κ1) is 12.5. The molecule has 0 bridgehead atoms. The van der Waals surface area contributed by atoms with Crippen LogP contribution in [0.3, 0.4) is 0 Å². The van der Waals surface area contributed by atoms with Crippen molar-refractivity contribution in [2.75, 3.05) is 11.4 Å². The molecule has 2 rings (SSSR count). The van der Waals surface area contributed by atoms with Gasteiger partial charge in [0.2, 0.25) is 11.8 Å². The predicted octanol–water partition coefficient (Wildman–Crippen LogP) is 1.21. The van der Waals surface area contributed by atoms with E-state index in [-0.39, 0.29) is 24.6 Å². The van der Waals surface area contributed by atoms with E-state index in [2.05, 4.69) is 5.32 Å². The Bertz CT molecular complexity index is 505. The Hall–Kier alpha value is -1.98. The molecular formula is C12H12F2N2O2. The highest BCUT2D eigenvalue weighted by Gasteiger charge is 2.28. The Kier molecular flexibility index (Phi) is 3.27. The Morgan fingerprint density at radius 2 is 2.06 bits per heavy atom. The standard InChI is InChI=1S/C12H12F2N2O2/c1-7-12(18)16(5-4-11(17)15-7)10-3-2-8(13)6-9(10)14/h2-3,6-7H,4-5H2,1H3,(H,15,17). The maximum absolute atomic E-state index is 13.6. The summed E-state index contributed by atoms with van der Waals surface area (Å²) in [6.45, 7) is 1.61. The average molecular weight is 254 g/mol. The van der Waals surface area contributed by atoms with E-state index < -0.39 is 23.6 Å². The van der Waals surface area contributed by atoms with Crippen LogP contribution in [0.1, 0.15) is 13.3 Å². The molecule has 1 fully saturated rings. The monoisotopic (exact) mass is 254 g/mol. The highest BCUT2D eigenvalue weighted by Crippen LogP contribution is 2.22. The van der Waals surface area contributed by atoms with Crippen molar-refractivity contribution in [3.05, 3.63) is 29.8 Å². The van der Waals surface area contributed by atoms with Gasteiger partial charge in [0.25, 0.3) is 0 Å². The van der Waals surface area contributed by atoms with Gasteiger partial charge in [-0.3, -0.25) is 9.59 Å². The summed E-state index contributed by atoms with van der Waals surface area (Å²) in [7, 11) is 0. The van der Waals surface area contributed by atoms with Gasteiger partial charge in [0.05, 0.1) is 5.69 Å². The first-order chi connectivity index (χ1) is 8.49. The highest BCUT2D eigenvalue weighted by atomic mass is 19.1. The van der Waals surface area contributed by atoms with E-state index in [9.17, 15) is 18.4 Å². The molecule has 0 saturated carbocycles. The lowest BCUT2D eigenvalue weighted by molar-refractivity contribution is -0.125. The van der Waals surface area contributed by atoms with Crippen LogP contribution in [0.25, 0.3) is 0 Å². The zero-order valence-corrected chi connectivity index (χ0v) is 9.74. The number of nitrogens with zero attached hydrogens (tertiary/aromatic N) is 1. The fraction of sp³-hybridized carbons (Fsp3) is 0.333. The molecule has 1 aliphatic rings. The molecule has 0 aromatic heterocycles. The molecule has 1 aromatic carbocycles. The number of benzene rings is 1. The van der Waals surface area contributed by atoms with E-state index in [1.165, 1.54) is 13.0 Å². The molecule has 18 heavy (non-hydrogen) atoms. The van der Waals surface area contributed by atoms with Crippen LogP contribution in [0.4, 0.5) is 14.5 Å². The predicted molar refractivity (Wildman–Crippen MR) is 60.9 cm³/mol. The van der Waals surface area contributed by atoms with Crippen LogP contribution >= 0.6 is 0 Å². The van der Waals surface area contributed by atoms with Gasteiger partial charge in [-0.15, -0.1) is 0 Å². The van der Waals surface area contributed by atoms with Crippen molar-refractivity contribution in [3.63, 3.8) is 0 Å². The van der Waals surface area contributed by atoms with Gasteiger partial charge in [-0.2, -0.15) is 0 Å². The quantitative estimate of drug-likeness (QED) is 0.818.